The number of piperidine rings is 1. The van der Waals surface area contributed by atoms with Crippen molar-refractivity contribution in [1.82, 2.24) is 10.2 Å². The highest BCUT2D eigenvalue weighted by molar-refractivity contribution is 4.91. The zero-order valence-corrected chi connectivity index (χ0v) is 13.4. The molecule has 0 aromatic rings. The summed E-state index contributed by atoms with van der Waals surface area (Å²) in [4.78, 5) is 2.76. The van der Waals surface area contributed by atoms with E-state index in [1.807, 2.05) is 0 Å². The van der Waals surface area contributed by atoms with Crippen LogP contribution in [0.4, 0.5) is 0 Å². The van der Waals surface area contributed by atoms with Gasteiger partial charge in [-0.25, -0.2) is 0 Å². The molecule has 1 atom stereocenters. The third kappa shape index (κ3) is 4.19. The Hall–Kier alpha value is -0.0800. The first kappa shape index (κ1) is 15.3. The molecule has 0 radical (unpaired) electrons. The maximum absolute atomic E-state index is 3.65. The lowest BCUT2D eigenvalue weighted by Crippen LogP contribution is -2.48. The van der Waals surface area contributed by atoms with Gasteiger partial charge in [0.05, 0.1) is 0 Å². The molecule has 1 aliphatic heterocycles. The molecule has 2 fully saturated rings. The van der Waals surface area contributed by atoms with E-state index < -0.39 is 0 Å². The van der Waals surface area contributed by atoms with E-state index in [4.69, 9.17) is 0 Å². The third-order valence-corrected chi connectivity index (χ3v) is 5.44. The van der Waals surface area contributed by atoms with Crippen LogP contribution in [0.15, 0.2) is 0 Å². The van der Waals surface area contributed by atoms with Crippen molar-refractivity contribution in [2.75, 3.05) is 26.2 Å². The standard InChI is InChI=1S/C17H34N2/c1-4-16(14-18-13-15(2)3)19-11-9-17(10-12-19)7-5-6-8-17/h15-16,18H,4-14H2,1-3H3. The van der Waals surface area contributed by atoms with Crippen LogP contribution in [0.2, 0.25) is 0 Å². The summed E-state index contributed by atoms with van der Waals surface area (Å²) >= 11 is 0. The van der Waals surface area contributed by atoms with Crippen molar-refractivity contribution in [2.24, 2.45) is 11.3 Å². The molecular formula is C17H34N2. The summed E-state index contributed by atoms with van der Waals surface area (Å²) in [6.45, 7) is 12.0. The molecule has 1 unspecified atom stereocenters. The summed E-state index contributed by atoms with van der Waals surface area (Å²) < 4.78 is 0. The van der Waals surface area contributed by atoms with Gasteiger partial charge >= 0.3 is 0 Å². The summed E-state index contributed by atoms with van der Waals surface area (Å²) in [5, 5.41) is 3.65. The van der Waals surface area contributed by atoms with Crippen molar-refractivity contribution in [2.45, 2.75) is 71.8 Å². The first-order chi connectivity index (χ1) is 9.15. The number of nitrogens with one attached hydrogen (secondary N) is 1. The highest BCUT2D eigenvalue weighted by Gasteiger charge is 2.37. The van der Waals surface area contributed by atoms with Gasteiger partial charge in [0.2, 0.25) is 0 Å². The van der Waals surface area contributed by atoms with Crippen molar-refractivity contribution < 1.29 is 0 Å². The van der Waals surface area contributed by atoms with E-state index in [2.05, 4.69) is 31.0 Å². The molecule has 0 aromatic carbocycles. The van der Waals surface area contributed by atoms with Crippen molar-refractivity contribution in [3.05, 3.63) is 0 Å². The van der Waals surface area contributed by atoms with Crippen LogP contribution in [-0.4, -0.2) is 37.1 Å². The molecule has 1 saturated carbocycles. The summed E-state index contributed by atoms with van der Waals surface area (Å²) in [5.74, 6) is 0.764. The molecule has 1 aliphatic carbocycles. The second-order valence-corrected chi connectivity index (χ2v) is 7.36. The molecule has 19 heavy (non-hydrogen) atoms. The Labute approximate surface area is 120 Å². The van der Waals surface area contributed by atoms with Crippen molar-refractivity contribution in [3.8, 4) is 0 Å². The molecule has 0 aromatic heterocycles. The Kier molecular flexibility index (Phi) is 5.70. The van der Waals surface area contributed by atoms with Gasteiger partial charge in [0.25, 0.3) is 0 Å². The fourth-order valence-corrected chi connectivity index (χ4v) is 4.06. The maximum atomic E-state index is 3.65. The van der Waals surface area contributed by atoms with Crippen molar-refractivity contribution in [1.29, 1.82) is 0 Å². The largest absolute Gasteiger partial charge is 0.315 e. The second-order valence-electron chi connectivity index (χ2n) is 7.36. The van der Waals surface area contributed by atoms with Gasteiger partial charge < -0.3 is 5.32 Å². The van der Waals surface area contributed by atoms with E-state index in [-0.39, 0.29) is 0 Å². The minimum atomic E-state index is 0.762. The van der Waals surface area contributed by atoms with Crippen LogP contribution < -0.4 is 5.32 Å². The van der Waals surface area contributed by atoms with E-state index in [0.717, 1.165) is 23.9 Å². The minimum absolute atomic E-state index is 0.762. The molecule has 1 saturated heterocycles. The van der Waals surface area contributed by atoms with Crippen LogP contribution >= 0.6 is 0 Å². The van der Waals surface area contributed by atoms with Crippen LogP contribution in [0.5, 0.6) is 0 Å². The van der Waals surface area contributed by atoms with E-state index in [1.165, 1.54) is 64.6 Å². The van der Waals surface area contributed by atoms with Crippen molar-refractivity contribution >= 4 is 0 Å². The normalized spacial score (nSPS) is 25.3. The smallest absolute Gasteiger partial charge is 0.0218 e. The summed E-state index contributed by atoms with van der Waals surface area (Å²) in [6.07, 6.45) is 10.2. The Balaban J connectivity index is 1.74. The lowest BCUT2D eigenvalue weighted by Gasteiger charge is -2.42. The molecule has 1 heterocycles. The molecule has 1 N–H and O–H groups in total. The van der Waals surface area contributed by atoms with Crippen LogP contribution in [0.1, 0.15) is 65.7 Å². The van der Waals surface area contributed by atoms with E-state index in [9.17, 15) is 0 Å². The van der Waals surface area contributed by atoms with Gasteiger partial charge in [0, 0.05) is 12.6 Å². The predicted molar refractivity (Wildman–Crippen MR) is 83.5 cm³/mol. The lowest BCUT2D eigenvalue weighted by molar-refractivity contribution is 0.0736. The van der Waals surface area contributed by atoms with Crippen LogP contribution in [0.3, 0.4) is 0 Å². The molecular weight excluding hydrogens is 232 g/mol. The van der Waals surface area contributed by atoms with E-state index in [0.29, 0.717) is 0 Å². The van der Waals surface area contributed by atoms with E-state index in [1.54, 1.807) is 0 Å². The first-order valence-corrected chi connectivity index (χ1v) is 8.60. The Morgan fingerprint density at radius 1 is 1.00 bits per heavy atom. The molecule has 2 rings (SSSR count). The summed E-state index contributed by atoms with van der Waals surface area (Å²) in [5.41, 5.74) is 0.764. The quantitative estimate of drug-likeness (QED) is 0.789. The molecule has 2 nitrogen and oxygen atoms in total. The number of nitrogens with zero attached hydrogens (tertiary/aromatic N) is 1. The van der Waals surface area contributed by atoms with Gasteiger partial charge in [0.1, 0.15) is 0 Å². The number of hydrogen-bond donors (Lipinski definition) is 1. The fraction of sp³-hybridized carbons (Fsp3) is 1.00. The molecule has 2 aliphatic rings. The Morgan fingerprint density at radius 3 is 2.16 bits per heavy atom. The fourth-order valence-electron chi connectivity index (χ4n) is 4.06. The molecule has 112 valence electrons. The van der Waals surface area contributed by atoms with Crippen LogP contribution in [0.25, 0.3) is 0 Å². The topological polar surface area (TPSA) is 15.3 Å². The molecule has 1 spiro atoms. The SMILES string of the molecule is CCC(CNCC(C)C)N1CCC2(CCCC2)CC1. The average Bonchev–Trinajstić information content (AvgIpc) is 2.84. The monoisotopic (exact) mass is 266 g/mol. The third-order valence-electron chi connectivity index (χ3n) is 5.44. The van der Waals surface area contributed by atoms with Gasteiger partial charge in [-0.3, -0.25) is 4.90 Å². The average molecular weight is 266 g/mol. The second kappa shape index (κ2) is 7.08. The van der Waals surface area contributed by atoms with E-state index >= 15 is 0 Å². The zero-order valence-electron chi connectivity index (χ0n) is 13.4. The Bertz CT molecular complexity index is 246. The number of likely N-dealkylation sites (tertiary alicyclic amines) is 1. The van der Waals surface area contributed by atoms with Gasteiger partial charge in [-0.1, -0.05) is 33.6 Å². The van der Waals surface area contributed by atoms with Crippen molar-refractivity contribution in [3.63, 3.8) is 0 Å². The van der Waals surface area contributed by atoms with Gasteiger partial charge in [0.15, 0.2) is 0 Å². The molecule has 2 heteroatoms. The number of rotatable bonds is 6. The van der Waals surface area contributed by atoms with Crippen LogP contribution in [0, 0.1) is 11.3 Å². The highest BCUT2D eigenvalue weighted by atomic mass is 15.2. The maximum Gasteiger partial charge on any atom is 0.0218 e. The summed E-state index contributed by atoms with van der Waals surface area (Å²) in [7, 11) is 0. The first-order valence-electron chi connectivity index (χ1n) is 8.60. The minimum Gasteiger partial charge on any atom is -0.315 e. The predicted octanol–water partition coefficient (Wildman–Crippen LogP) is 3.67. The van der Waals surface area contributed by atoms with Gasteiger partial charge in [-0.2, -0.15) is 0 Å². The highest BCUT2D eigenvalue weighted by Crippen LogP contribution is 2.46. The van der Waals surface area contributed by atoms with Gasteiger partial charge in [-0.05, 0) is 63.1 Å². The lowest BCUT2D eigenvalue weighted by atomic mass is 9.76. The van der Waals surface area contributed by atoms with Crippen LogP contribution in [-0.2, 0) is 0 Å². The Morgan fingerprint density at radius 2 is 1.63 bits per heavy atom. The number of hydrogen-bond acceptors (Lipinski definition) is 2. The molecule has 0 bridgehead atoms. The summed E-state index contributed by atoms with van der Waals surface area (Å²) in [6, 6.07) is 0.762. The zero-order chi connectivity index (χ0) is 13.7. The van der Waals surface area contributed by atoms with Gasteiger partial charge in [-0.15, -0.1) is 0 Å². The molecule has 0 amide bonds.